The lowest BCUT2D eigenvalue weighted by molar-refractivity contribution is -0.127. The summed E-state index contributed by atoms with van der Waals surface area (Å²) in [7, 11) is 0. The fourth-order valence-corrected chi connectivity index (χ4v) is 2.37. The Hall–Kier alpha value is -1.84. The maximum atomic E-state index is 12.2. The van der Waals surface area contributed by atoms with Crippen LogP contribution in [-0.2, 0) is 9.59 Å². The van der Waals surface area contributed by atoms with Crippen molar-refractivity contribution in [2.45, 2.75) is 40.2 Å². The summed E-state index contributed by atoms with van der Waals surface area (Å²) in [6, 6.07) is 7.96. The average molecular weight is 288 g/mol. The molecule has 1 saturated heterocycles. The fraction of sp³-hybridized carbons (Fsp3) is 0.529. The minimum Gasteiger partial charge on any atom is -0.353 e. The van der Waals surface area contributed by atoms with E-state index < -0.39 is 0 Å². The van der Waals surface area contributed by atoms with Crippen molar-refractivity contribution in [1.82, 2.24) is 5.32 Å². The number of nitrogens with zero attached hydrogens (tertiary/aromatic N) is 1. The van der Waals surface area contributed by atoms with Crippen LogP contribution in [0.15, 0.2) is 24.3 Å². The molecule has 0 spiro atoms. The van der Waals surface area contributed by atoms with Crippen LogP contribution in [0.5, 0.6) is 0 Å². The van der Waals surface area contributed by atoms with Crippen LogP contribution in [0.1, 0.15) is 32.8 Å². The third kappa shape index (κ3) is 3.63. The first-order chi connectivity index (χ1) is 9.88. The predicted molar refractivity (Wildman–Crippen MR) is 84.1 cm³/mol. The second kappa shape index (κ2) is 6.29. The number of aryl methyl sites for hydroxylation is 1. The van der Waals surface area contributed by atoms with E-state index in [1.807, 2.05) is 38.1 Å². The molecule has 4 nitrogen and oxygen atoms in total. The first-order valence-electron chi connectivity index (χ1n) is 7.56. The molecule has 2 atom stereocenters. The van der Waals surface area contributed by atoms with Gasteiger partial charge in [-0.2, -0.15) is 0 Å². The smallest absolute Gasteiger partial charge is 0.227 e. The van der Waals surface area contributed by atoms with E-state index in [-0.39, 0.29) is 23.8 Å². The highest BCUT2D eigenvalue weighted by Gasteiger charge is 2.35. The molecule has 114 valence electrons. The molecule has 1 aliphatic rings. The number of hydrogen-bond donors (Lipinski definition) is 1. The summed E-state index contributed by atoms with van der Waals surface area (Å²) in [5.74, 6) is 0.148. The molecule has 4 heteroatoms. The zero-order valence-electron chi connectivity index (χ0n) is 13.2. The van der Waals surface area contributed by atoms with Gasteiger partial charge in [0, 0.05) is 24.7 Å². The van der Waals surface area contributed by atoms with E-state index in [1.165, 1.54) is 0 Å². The molecule has 0 saturated carbocycles. The molecule has 0 aliphatic carbocycles. The Morgan fingerprint density at radius 2 is 1.86 bits per heavy atom. The van der Waals surface area contributed by atoms with Gasteiger partial charge in [-0.05, 0) is 31.9 Å². The van der Waals surface area contributed by atoms with Gasteiger partial charge in [0.05, 0.1) is 5.92 Å². The molecule has 2 amide bonds. The van der Waals surface area contributed by atoms with Crippen molar-refractivity contribution in [3.63, 3.8) is 0 Å². The summed E-state index contributed by atoms with van der Waals surface area (Å²) in [6.45, 7) is 8.63. The first-order valence-corrected chi connectivity index (χ1v) is 7.56. The van der Waals surface area contributed by atoms with Gasteiger partial charge in [0.25, 0.3) is 0 Å². The SMILES string of the molecule is Cc1ccc(N2C[C@H](C(=O)N[C@H](C)C(C)C)CC2=O)cc1. The van der Waals surface area contributed by atoms with Crippen molar-refractivity contribution in [1.29, 1.82) is 0 Å². The number of anilines is 1. The fourth-order valence-electron chi connectivity index (χ4n) is 2.37. The predicted octanol–water partition coefficient (Wildman–Crippen LogP) is 2.51. The molecule has 1 fully saturated rings. The van der Waals surface area contributed by atoms with Gasteiger partial charge in [-0.15, -0.1) is 0 Å². The number of amides is 2. The van der Waals surface area contributed by atoms with Crippen LogP contribution >= 0.6 is 0 Å². The van der Waals surface area contributed by atoms with Gasteiger partial charge in [-0.3, -0.25) is 9.59 Å². The van der Waals surface area contributed by atoms with Gasteiger partial charge in [0.1, 0.15) is 0 Å². The van der Waals surface area contributed by atoms with Crippen molar-refractivity contribution >= 4 is 17.5 Å². The average Bonchev–Trinajstić information content (AvgIpc) is 2.81. The second-order valence-corrected chi connectivity index (χ2v) is 6.28. The quantitative estimate of drug-likeness (QED) is 0.925. The summed E-state index contributed by atoms with van der Waals surface area (Å²) in [6.07, 6.45) is 0.296. The molecule has 1 heterocycles. The Morgan fingerprint density at radius 3 is 2.43 bits per heavy atom. The molecule has 21 heavy (non-hydrogen) atoms. The summed E-state index contributed by atoms with van der Waals surface area (Å²) in [4.78, 5) is 26.1. The molecule has 0 radical (unpaired) electrons. The van der Waals surface area contributed by atoms with Gasteiger partial charge in [0.2, 0.25) is 11.8 Å². The molecule has 0 bridgehead atoms. The lowest BCUT2D eigenvalue weighted by atomic mass is 10.0. The highest BCUT2D eigenvalue weighted by atomic mass is 16.2. The monoisotopic (exact) mass is 288 g/mol. The number of nitrogens with one attached hydrogen (secondary N) is 1. The van der Waals surface area contributed by atoms with Crippen LogP contribution in [0.4, 0.5) is 5.69 Å². The summed E-state index contributed by atoms with van der Waals surface area (Å²) >= 11 is 0. The van der Waals surface area contributed by atoms with E-state index in [1.54, 1.807) is 4.90 Å². The van der Waals surface area contributed by atoms with Crippen LogP contribution in [0.25, 0.3) is 0 Å². The maximum absolute atomic E-state index is 12.2. The minimum absolute atomic E-state index is 0.0147. The first kappa shape index (κ1) is 15.5. The highest BCUT2D eigenvalue weighted by molar-refractivity contribution is 6.00. The van der Waals surface area contributed by atoms with Crippen molar-refractivity contribution < 1.29 is 9.59 Å². The van der Waals surface area contributed by atoms with Crippen LogP contribution in [0.2, 0.25) is 0 Å². The molecule has 1 aromatic rings. The molecule has 0 aromatic heterocycles. The van der Waals surface area contributed by atoms with Crippen LogP contribution in [0, 0.1) is 18.8 Å². The zero-order chi connectivity index (χ0) is 15.6. The van der Waals surface area contributed by atoms with Gasteiger partial charge in [0.15, 0.2) is 0 Å². The molecule has 1 N–H and O–H groups in total. The normalized spacial score (nSPS) is 20.0. The number of benzene rings is 1. The lowest BCUT2D eigenvalue weighted by Gasteiger charge is -2.20. The third-order valence-corrected chi connectivity index (χ3v) is 4.21. The molecular formula is C17H24N2O2. The van der Waals surface area contributed by atoms with E-state index in [0.29, 0.717) is 18.9 Å². The Labute approximate surface area is 126 Å². The lowest BCUT2D eigenvalue weighted by Crippen LogP contribution is -2.40. The van der Waals surface area contributed by atoms with E-state index >= 15 is 0 Å². The van der Waals surface area contributed by atoms with Gasteiger partial charge >= 0.3 is 0 Å². The van der Waals surface area contributed by atoms with Crippen LogP contribution < -0.4 is 10.2 Å². The summed E-state index contributed by atoms with van der Waals surface area (Å²) < 4.78 is 0. The Balaban J connectivity index is 2.02. The Bertz CT molecular complexity index is 522. The summed E-state index contributed by atoms with van der Waals surface area (Å²) in [5, 5.41) is 3.01. The van der Waals surface area contributed by atoms with Gasteiger partial charge in [-0.25, -0.2) is 0 Å². The maximum Gasteiger partial charge on any atom is 0.227 e. The minimum atomic E-state index is -0.250. The van der Waals surface area contributed by atoms with Crippen molar-refractivity contribution in [2.24, 2.45) is 11.8 Å². The largest absolute Gasteiger partial charge is 0.353 e. The number of carbonyl (C=O) groups is 2. The van der Waals surface area contributed by atoms with Crippen LogP contribution in [0.3, 0.4) is 0 Å². The molecule has 1 aromatic carbocycles. The van der Waals surface area contributed by atoms with Crippen molar-refractivity contribution in [2.75, 3.05) is 11.4 Å². The standard InChI is InChI=1S/C17H24N2O2/c1-11(2)13(4)18-17(21)14-9-16(20)19(10-14)15-7-5-12(3)6-8-15/h5-8,11,13-14H,9-10H2,1-4H3,(H,18,21)/t13-,14-/m1/s1. The van der Waals surface area contributed by atoms with E-state index in [4.69, 9.17) is 0 Å². The number of hydrogen-bond acceptors (Lipinski definition) is 2. The van der Waals surface area contributed by atoms with E-state index in [0.717, 1.165) is 11.3 Å². The topological polar surface area (TPSA) is 49.4 Å². The van der Waals surface area contributed by atoms with Crippen molar-refractivity contribution in [3.8, 4) is 0 Å². The van der Waals surface area contributed by atoms with Gasteiger partial charge < -0.3 is 10.2 Å². The van der Waals surface area contributed by atoms with Crippen LogP contribution in [-0.4, -0.2) is 24.4 Å². The molecular weight excluding hydrogens is 264 g/mol. The molecule has 2 rings (SSSR count). The third-order valence-electron chi connectivity index (χ3n) is 4.21. The van der Waals surface area contributed by atoms with Gasteiger partial charge in [-0.1, -0.05) is 31.5 Å². The Kier molecular flexibility index (Phi) is 4.66. The number of carbonyl (C=O) groups excluding carboxylic acids is 2. The number of rotatable bonds is 4. The van der Waals surface area contributed by atoms with E-state index in [2.05, 4.69) is 19.2 Å². The molecule has 0 unspecified atom stereocenters. The highest BCUT2D eigenvalue weighted by Crippen LogP contribution is 2.25. The second-order valence-electron chi connectivity index (χ2n) is 6.28. The van der Waals surface area contributed by atoms with Crippen molar-refractivity contribution in [3.05, 3.63) is 29.8 Å². The Morgan fingerprint density at radius 1 is 1.24 bits per heavy atom. The zero-order valence-corrected chi connectivity index (χ0v) is 13.2. The summed E-state index contributed by atoms with van der Waals surface area (Å²) in [5.41, 5.74) is 2.03. The van der Waals surface area contributed by atoms with E-state index in [9.17, 15) is 9.59 Å². The molecule has 1 aliphatic heterocycles.